The number of piperazine rings is 2. The van der Waals surface area contributed by atoms with Gasteiger partial charge in [0.15, 0.2) is 5.76 Å². The van der Waals surface area contributed by atoms with Crippen LogP contribution in [0.3, 0.4) is 0 Å². The number of likely N-dealkylation sites (N-methyl/N-ethyl adjacent to an activating group) is 1. The van der Waals surface area contributed by atoms with Gasteiger partial charge in [-0.05, 0) is 25.6 Å². The third kappa shape index (κ3) is 3.96. The monoisotopic (exact) mass is 384 g/mol. The van der Waals surface area contributed by atoms with Crippen LogP contribution in [-0.2, 0) is 0 Å². The lowest BCUT2D eigenvalue weighted by molar-refractivity contribution is 0.0714. The number of carbonyl (C=O) groups is 1. The number of anilines is 2. The lowest BCUT2D eigenvalue weighted by Crippen LogP contribution is -2.49. The van der Waals surface area contributed by atoms with Crippen molar-refractivity contribution in [3.8, 4) is 0 Å². The average molecular weight is 384 g/mol. The molecule has 0 N–H and O–H groups in total. The molecule has 28 heavy (non-hydrogen) atoms. The molecule has 0 radical (unpaired) electrons. The Morgan fingerprint density at radius 3 is 2.39 bits per heavy atom. The molecular weight excluding hydrogens is 356 g/mol. The predicted octanol–water partition coefficient (Wildman–Crippen LogP) is 1.48. The zero-order valence-corrected chi connectivity index (χ0v) is 16.7. The van der Waals surface area contributed by atoms with Crippen LogP contribution in [0.5, 0.6) is 0 Å². The first-order chi connectivity index (χ1) is 13.6. The van der Waals surface area contributed by atoms with Crippen molar-refractivity contribution in [2.24, 2.45) is 0 Å². The van der Waals surface area contributed by atoms with Gasteiger partial charge in [-0.1, -0.05) is 6.92 Å². The molecule has 150 valence electrons. The van der Waals surface area contributed by atoms with Gasteiger partial charge in [-0.15, -0.1) is 0 Å². The van der Waals surface area contributed by atoms with Crippen molar-refractivity contribution in [2.75, 3.05) is 68.7 Å². The third-order valence-corrected chi connectivity index (χ3v) is 5.55. The fourth-order valence-corrected chi connectivity index (χ4v) is 3.80. The molecule has 4 rings (SSSR count). The summed E-state index contributed by atoms with van der Waals surface area (Å²) in [4.78, 5) is 30.8. The molecule has 2 aromatic rings. The summed E-state index contributed by atoms with van der Waals surface area (Å²) in [6, 6.07) is 5.52. The molecule has 0 unspecified atom stereocenters. The maximum Gasteiger partial charge on any atom is 0.289 e. The normalized spacial score (nSPS) is 18.6. The SMILES string of the molecule is CCN1CCN(c2cc(C)nc(N3CCN(C(=O)c4ccco4)CC3)n2)CC1. The number of hydrogen-bond acceptors (Lipinski definition) is 7. The Morgan fingerprint density at radius 1 is 1.04 bits per heavy atom. The molecule has 0 spiro atoms. The van der Waals surface area contributed by atoms with Crippen LogP contribution in [0, 0.1) is 6.92 Å². The van der Waals surface area contributed by atoms with Gasteiger partial charge >= 0.3 is 0 Å². The van der Waals surface area contributed by atoms with Crippen LogP contribution in [-0.4, -0.2) is 84.6 Å². The minimum atomic E-state index is -0.0516. The van der Waals surface area contributed by atoms with Crippen molar-refractivity contribution < 1.29 is 9.21 Å². The Balaban J connectivity index is 1.41. The highest BCUT2D eigenvalue weighted by atomic mass is 16.3. The second kappa shape index (κ2) is 8.18. The molecule has 0 atom stereocenters. The lowest BCUT2D eigenvalue weighted by Gasteiger charge is -2.36. The van der Waals surface area contributed by atoms with E-state index in [2.05, 4.69) is 32.7 Å². The molecule has 0 aliphatic carbocycles. The third-order valence-electron chi connectivity index (χ3n) is 5.55. The van der Waals surface area contributed by atoms with Crippen molar-refractivity contribution in [3.05, 3.63) is 35.9 Å². The fraction of sp³-hybridized carbons (Fsp3) is 0.550. The van der Waals surface area contributed by atoms with E-state index >= 15 is 0 Å². The van der Waals surface area contributed by atoms with Crippen LogP contribution in [0.25, 0.3) is 0 Å². The van der Waals surface area contributed by atoms with E-state index in [-0.39, 0.29) is 5.91 Å². The average Bonchev–Trinajstić information content (AvgIpc) is 3.28. The van der Waals surface area contributed by atoms with E-state index in [1.165, 1.54) is 6.26 Å². The molecule has 2 fully saturated rings. The van der Waals surface area contributed by atoms with Crippen molar-refractivity contribution >= 4 is 17.7 Å². The second-order valence-electron chi connectivity index (χ2n) is 7.35. The Hall–Kier alpha value is -2.61. The fourth-order valence-electron chi connectivity index (χ4n) is 3.80. The first-order valence-electron chi connectivity index (χ1n) is 10.0. The number of furan rings is 1. The van der Waals surface area contributed by atoms with E-state index in [1.54, 1.807) is 12.1 Å². The zero-order valence-electron chi connectivity index (χ0n) is 16.7. The van der Waals surface area contributed by atoms with Gasteiger partial charge in [-0.3, -0.25) is 4.79 Å². The van der Waals surface area contributed by atoms with Crippen molar-refractivity contribution in [1.29, 1.82) is 0 Å². The number of hydrogen-bond donors (Lipinski definition) is 0. The Morgan fingerprint density at radius 2 is 1.75 bits per heavy atom. The van der Waals surface area contributed by atoms with E-state index in [1.807, 2.05) is 11.8 Å². The summed E-state index contributed by atoms with van der Waals surface area (Å²) in [6.07, 6.45) is 1.53. The smallest absolute Gasteiger partial charge is 0.289 e. The van der Waals surface area contributed by atoms with E-state index in [0.717, 1.165) is 63.3 Å². The zero-order chi connectivity index (χ0) is 19.5. The van der Waals surface area contributed by atoms with Crippen LogP contribution >= 0.6 is 0 Å². The van der Waals surface area contributed by atoms with E-state index in [9.17, 15) is 4.79 Å². The molecule has 8 nitrogen and oxygen atoms in total. The quantitative estimate of drug-likeness (QED) is 0.791. The summed E-state index contributed by atoms with van der Waals surface area (Å²) in [5, 5.41) is 0. The summed E-state index contributed by atoms with van der Waals surface area (Å²) in [5.41, 5.74) is 0.979. The highest BCUT2D eigenvalue weighted by molar-refractivity contribution is 5.91. The minimum absolute atomic E-state index is 0.0516. The van der Waals surface area contributed by atoms with Gasteiger partial charge in [0.2, 0.25) is 5.95 Å². The standard InChI is InChI=1S/C20H28N6O2/c1-3-23-6-8-24(9-7-23)18-15-16(2)21-20(22-18)26-12-10-25(11-13-26)19(27)17-5-4-14-28-17/h4-5,14-15H,3,6-13H2,1-2H3. The van der Waals surface area contributed by atoms with Crippen LogP contribution in [0.2, 0.25) is 0 Å². The Labute approximate surface area is 165 Å². The number of aromatic nitrogens is 2. The van der Waals surface area contributed by atoms with Crippen LogP contribution in [0.1, 0.15) is 23.2 Å². The van der Waals surface area contributed by atoms with Crippen molar-refractivity contribution in [2.45, 2.75) is 13.8 Å². The molecule has 8 heteroatoms. The molecule has 2 saturated heterocycles. The maximum absolute atomic E-state index is 12.4. The van der Waals surface area contributed by atoms with Gasteiger partial charge in [0.25, 0.3) is 5.91 Å². The highest BCUT2D eigenvalue weighted by Crippen LogP contribution is 2.20. The van der Waals surface area contributed by atoms with Gasteiger partial charge in [0.1, 0.15) is 5.82 Å². The highest BCUT2D eigenvalue weighted by Gasteiger charge is 2.26. The summed E-state index contributed by atoms with van der Waals surface area (Å²) < 4.78 is 5.24. The van der Waals surface area contributed by atoms with E-state index < -0.39 is 0 Å². The summed E-state index contributed by atoms with van der Waals surface area (Å²) in [7, 11) is 0. The van der Waals surface area contributed by atoms with E-state index in [4.69, 9.17) is 9.40 Å². The van der Waals surface area contributed by atoms with Crippen molar-refractivity contribution in [3.63, 3.8) is 0 Å². The number of carbonyl (C=O) groups excluding carboxylic acids is 1. The summed E-state index contributed by atoms with van der Waals surface area (Å²) in [5.74, 6) is 2.11. The number of rotatable bonds is 4. The Kier molecular flexibility index (Phi) is 5.47. The van der Waals surface area contributed by atoms with Crippen molar-refractivity contribution in [1.82, 2.24) is 19.8 Å². The van der Waals surface area contributed by atoms with Gasteiger partial charge in [-0.25, -0.2) is 4.98 Å². The maximum atomic E-state index is 12.4. The largest absolute Gasteiger partial charge is 0.459 e. The topological polar surface area (TPSA) is 69.0 Å². The minimum Gasteiger partial charge on any atom is -0.459 e. The van der Waals surface area contributed by atoms with Crippen LogP contribution in [0.4, 0.5) is 11.8 Å². The molecule has 2 aromatic heterocycles. The van der Waals surface area contributed by atoms with Gasteiger partial charge in [0.05, 0.1) is 6.26 Å². The van der Waals surface area contributed by atoms with E-state index in [0.29, 0.717) is 18.8 Å². The molecule has 0 bridgehead atoms. The Bertz CT molecular complexity index is 793. The molecule has 0 aromatic carbocycles. The molecule has 1 amide bonds. The molecule has 0 saturated carbocycles. The van der Waals surface area contributed by atoms with Gasteiger partial charge in [-0.2, -0.15) is 4.98 Å². The first-order valence-corrected chi connectivity index (χ1v) is 10.0. The first kappa shape index (κ1) is 18.7. The summed E-state index contributed by atoms with van der Waals surface area (Å²) in [6.45, 7) is 12.2. The number of nitrogens with zero attached hydrogens (tertiary/aromatic N) is 6. The molecule has 2 aliphatic rings. The van der Waals surface area contributed by atoms with Gasteiger partial charge < -0.3 is 24.0 Å². The predicted molar refractivity (Wildman–Crippen MR) is 108 cm³/mol. The molecule has 4 heterocycles. The lowest BCUT2D eigenvalue weighted by atomic mass is 10.3. The van der Waals surface area contributed by atoms with Crippen LogP contribution in [0.15, 0.2) is 28.9 Å². The van der Waals surface area contributed by atoms with Crippen LogP contribution < -0.4 is 9.80 Å². The molecular formula is C20H28N6O2. The number of amides is 1. The van der Waals surface area contributed by atoms with Gasteiger partial charge in [0, 0.05) is 64.1 Å². The summed E-state index contributed by atoms with van der Waals surface area (Å²) >= 11 is 0. The molecule has 2 aliphatic heterocycles. The second-order valence-corrected chi connectivity index (χ2v) is 7.35. The number of aryl methyl sites for hydroxylation is 1.